The van der Waals surface area contributed by atoms with Gasteiger partial charge in [-0.2, -0.15) is 0 Å². The average molecular weight is 295 g/mol. The standard InChI is InChI=1S/C9H11FNO5PS/c1-2-16-17(14,15)6-18-9-4-3-7(11(12)13)5-8(9)10/h3-5H,2,6H2,1H3,(H,14,15). The van der Waals surface area contributed by atoms with Crippen molar-refractivity contribution in [3.05, 3.63) is 34.1 Å². The van der Waals surface area contributed by atoms with Gasteiger partial charge < -0.3 is 9.42 Å². The van der Waals surface area contributed by atoms with E-state index in [4.69, 9.17) is 0 Å². The van der Waals surface area contributed by atoms with Gasteiger partial charge in [-0.1, -0.05) is 0 Å². The highest BCUT2D eigenvalue weighted by molar-refractivity contribution is 8.04. The molecule has 1 aromatic rings. The van der Waals surface area contributed by atoms with E-state index < -0.39 is 18.3 Å². The molecule has 1 unspecified atom stereocenters. The molecule has 0 aliphatic heterocycles. The van der Waals surface area contributed by atoms with Crippen molar-refractivity contribution in [3.63, 3.8) is 0 Å². The van der Waals surface area contributed by atoms with E-state index in [9.17, 15) is 24.0 Å². The van der Waals surface area contributed by atoms with Crippen LogP contribution < -0.4 is 0 Å². The van der Waals surface area contributed by atoms with Crippen LogP contribution in [0.1, 0.15) is 6.92 Å². The normalized spacial score (nSPS) is 14.2. The second-order valence-electron chi connectivity index (χ2n) is 3.20. The number of rotatable bonds is 6. The fraction of sp³-hybridized carbons (Fsp3) is 0.333. The van der Waals surface area contributed by atoms with Crippen LogP contribution in [0.25, 0.3) is 0 Å². The molecule has 0 spiro atoms. The van der Waals surface area contributed by atoms with Gasteiger partial charge in [0.25, 0.3) is 5.69 Å². The minimum Gasteiger partial charge on any atom is -0.324 e. The van der Waals surface area contributed by atoms with Crippen molar-refractivity contribution in [1.29, 1.82) is 0 Å². The molecule has 1 rings (SSSR count). The zero-order valence-corrected chi connectivity index (χ0v) is 11.1. The number of hydrogen-bond acceptors (Lipinski definition) is 5. The van der Waals surface area contributed by atoms with Crippen molar-refractivity contribution in [2.24, 2.45) is 0 Å². The Hall–Kier alpha value is -0.950. The van der Waals surface area contributed by atoms with E-state index in [1.165, 1.54) is 6.07 Å². The number of nitro benzene ring substituents is 1. The molecule has 0 fully saturated rings. The molecule has 0 amide bonds. The van der Waals surface area contributed by atoms with Gasteiger partial charge in [-0.3, -0.25) is 14.7 Å². The summed E-state index contributed by atoms with van der Waals surface area (Å²) >= 11 is 0.779. The summed E-state index contributed by atoms with van der Waals surface area (Å²) in [5.41, 5.74) is -0.677. The highest BCUT2D eigenvalue weighted by Gasteiger charge is 2.20. The third kappa shape index (κ3) is 4.38. The van der Waals surface area contributed by atoms with Crippen LogP contribution in [0.2, 0.25) is 0 Å². The van der Waals surface area contributed by atoms with Crippen LogP contribution >= 0.6 is 19.4 Å². The largest absolute Gasteiger partial charge is 0.338 e. The first-order chi connectivity index (χ1) is 8.35. The lowest BCUT2D eigenvalue weighted by atomic mass is 10.3. The summed E-state index contributed by atoms with van der Waals surface area (Å²) in [6.07, 6.45) is 0. The molecule has 1 aromatic carbocycles. The molecule has 6 nitrogen and oxygen atoms in total. The Morgan fingerprint density at radius 2 is 2.28 bits per heavy atom. The second-order valence-corrected chi connectivity index (χ2v) is 6.49. The van der Waals surface area contributed by atoms with Crippen LogP contribution in [0.4, 0.5) is 10.1 Å². The van der Waals surface area contributed by atoms with Crippen LogP contribution in [0.3, 0.4) is 0 Å². The first kappa shape index (κ1) is 15.1. The zero-order chi connectivity index (χ0) is 13.8. The minimum atomic E-state index is -3.75. The van der Waals surface area contributed by atoms with Gasteiger partial charge in [0.05, 0.1) is 17.6 Å². The zero-order valence-electron chi connectivity index (χ0n) is 9.41. The molecule has 0 saturated carbocycles. The lowest BCUT2D eigenvalue weighted by molar-refractivity contribution is -0.385. The van der Waals surface area contributed by atoms with Crippen molar-refractivity contribution >= 4 is 25.0 Å². The van der Waals surface area contributed by atoms with Crippen molar-refractivity contribution < 1.29 is 23.3 Å². The van der Waals surface area contributed by atoms with Crippen molar-refractivity contribution in [2.45, 2.75) is 11.8 Å². The van der Waals surface area contributed by atoms with E-state index in [0.717, 1.165) is 23.9 Å². The topological polar surface area (TPSA) is 89.7 Å². The van der Waals surface area contributed by atoms with Crippen LogP contribution in [0.15, 0.2) is 23.1 Å². The molecule has 18 heavy (non-hydrogen) atoms. The summed E-state index contributed by atoms with van der Waals surface area (Å²) in [7, 11) is -3.75. The molecule has 0 radical (unpaired) electrons. The molecular formula is C9H11FNO5PS. The Morgan fingerprint density at radius 3 is 2.78 bits per heavy atom. The maximum absolute atomic E-state index is 13.4. The third-order valence-corrected chi connectivity index (χ3v) is 4.97. The van der Waals surface area contributed by atoms with Crippen LogP contribution in [-0.2, 0) is 9.09 Å². The second kappa shape index (κ2) is 6.29. The van der Waals surface area contributed by atoms with Crippen molar-refractivity contribution in [1.82, 2.24) is 0 Å². The Bertz CT molecular complexity index is 498. The Labute approximate surface area is 107 Å². The van der Waals surface area contributed by atoms with E-state index in [-0.39, 0.29) is 22.7 Å². The fourth-order valence-corrected chi connectivity index (χ4v) is 3.38. The summed E-state index contributed by atoms with van der Waals surface area (Å²) in [6.45, 7) is 1.65. The molecule has 1 atom stereocenters. The summed E-state index contributed by atoms with van der Waals surface area (Å²) in [4.78, 5) is 19.0. The van der Waals surface area contributed by atoms with Gasteiger partial charge in [-0.05, 0) is 13.0 Å². The maximum atomic E-state index is 13.4. The van der Waals surface area contributed by atoms with Gasteiger partial charge >= 0.3 is 7.60 Å². The smallest absolute Gasteiger partial charge is 0.324 e. The number of non-ortho nitro benzene ring substituents is 1. The first-order valence-electron chi connectivity index (χ1n) is 4.89. The van der Waals surface area contributed by atoms with E-state index in [0.29, 0.717) is 0 Å². The molecule has 0 heterocycles. The molecule has 9 heteroatoms. The van der Waals surface area contributed by atoms with Gasteiger partial charge in [0.1, 0.15) is 11.3 Å². The molecule has 0 aromatic heterocycles. The highest BCUT2D eigenvalue weighted by Crippen LogP contribution is 2.47. The molecular weight excluding hydrogens is 284 g/mol. The van der Waals surface area contributed by atoms with E-state index in [1.807, 2.05) is 0 Å². The van der Waals surface area contributed by atoms with E-state index >= 15 is 0 Å². The summed E-state index contributed by atoms with van der Waals surface area (Å²) < 4.78 is 29.4. The fourth-order valence-electron chi connectivity index (χ4n) is 1.11. The molecule has 0 aliphatic rings. The molecule has 100 valence electrons. The average Bonchev–Trinajstić information content (AvgIpc) is 2.27. The summed E-state index contributed by atoms with van der Waals surface area (Å²) in [5.74, 6) is -0.800. The number of benzene rings is 1. The predicted octanol–water partition coefficient (Wildman–Crippen LogP) is 3.01. The van der Waals surface area contributed by atoms with Crippen molar-refractivity contribution in [2.75, 3.05) is 12.1 Å². The van der Waals surface area contributed by atoms with Gasteiger partial charge in [0.2, 0.25) is 0 Å². The number of nitrogens with zero attached hydrogens (tertiary/aromatic N) is 1. The van der Waals surface area contributed by atoms with Crippen LogP contribution in [0, 0.1) is 15.9 Å². The predicted molar refractivity (Wildman–Crippen MR) is 65.2 cm³/mol. The van der Waals surface area contributed by atoms with Gasteiger partial charge in [0.15, 0.2) is 0 Å². The highest BCUT2D eigenvalue weighted by atomic mass is 32.2. The summed E-state index contributed by atoms with van der Waals surface area (Å²) in [6, 6.07) is 3.10. The van der Waals surface area contributed by atoms with Crippen molar-refractivity contribution in [3.8, 4) is 0 Å². The third-order valence-electron chi connectivity index (χ3n) is 1.84. The summed E-state index contributed by atoms with van der Waals surface area (Å²) in [5, 5.41) is 10.4. The van der Waals surface area contributed by atoms with Gasteiger partial charge in [-0.15, -0.1) is 11.8 Å². The number of thioether (sulfide) groups is 1. The molecule has 0 aliphatic carbocycles. The molecule has 0 bridgehead atoms. The van der Waals surface area contributed by atoms with E-state index in [1.54, 1.807) is 6.92 Å². The Kier molecular flexibility index (Phi) is 5.28. The van der Waals surface area contributed by atoms with Gasteiger partial charge in [-0.25, -0.2) is 4.39 Å². The lowest BCUT2D eigenvalue weighted by Crippen LogP contribution is -1.93. The Morgan fingerprint density at radius 1 is 1.61 bits per heavy atom. The Balaban J connectivity index is 2.75. The monoisotopic (exact) mass is 295 g/mol. The first-order valence-corrected chi connectivity index (χ1v) is 7.63. The minimum absolute atomic E-state index is 0.0644. The van der Waals surface area contributed by atoms with E-state index in [2.05, 4.69) is 4.52 Å². The maximum Gasteiger partial charge on any atom is 0.338 e. The lowest BCUT2D eigenvalue weighted by Gasteiger charge is -2.10. The molecule has 1 N–H and O–H groups in total. The van der Waals surface area contributed by atoms with Gasteiger partial charge in [0, 0.05) is 11.0 Å². The number of halogens is 1. The SMILES string of the molecule is CCOP(=O)(O)CSc1ccc([N+](=O)[O-])cc1F. The number of hydrogen-bond donors (Lipinski definition) is 1. The molecule has 0 saturated heterocycles. The number of nitro groups is 1. The van der Waals surface area contributed by atoms with Crippen LogP contribution in [-0.4, -0.2) is 21.9 Å². The van der Waals surface area contributed by atoms with Crippen LogP contribution in [0.5, 0.6) is 0 Å². The quantitative estimate of drug-likeness (QED) is 0.375.